The topological polar surface area (TPSA) is 50.4 Å². The van der Waals surface area contributed by atoms with Crippen molar-refractivity contribution in [3.8, 4) is 0 Å². The molecule has 0 aromatic heterocycles. The third-order valence-corrected chi connectivity index (χ3v) is 5.31. The molecule has 0 unspecified atom stereocenters. The molecule has 1 aromatic carbocycles. The third kappa shape index (κ3) is 5.23. The van der Waals surface area contributed by atoms with E-state index in [0.717, 1.165) is 38.4 Å². The molecule has 0 atom stereocenters. The second-order valence-electron chi connectivity index (χ2n) is 7.11. The number of urea groups is 1. The van der Waals surface area contributed by atoms with Crippen LogP contribution >= 0.6 is 0 Å². The van der Waals surface area contributed by atoms with Crippen LogP contribution in [0.4, 0.5) is 4.79 Å². The van der Waals surface area contributed by atoms with Crippen LogP contribution in [-0.2, 0) is 11.2 Å². The molecular weight excluding hydrogens is 300 g/mol. The standard InChI is InChI=1S/C20H30N2O2/c23-20(22-19-11-14-24-15-12-19)21-13-10-16-6-8-18(9-7-16)17-4-2-1-3-5-17/h6-9,17,19H,1-5,10-15H2,(H2,21,22,23). The molecule has 1 aliphatic heterocycles. The Morgan fingerprint density at radius 2 is 1.71 bits per heavy atom. The molecule has 0 radical (unpaired) electrons. The number of nitrogens with one attached hydrogen (secondary N) is 2. The molecule has 2 amide bonds. The maximum atomic E-state index is 11.9. The van der Waals surface area contributed by atoms with Gasteiger partial charge in [-0.25, -0.2) is 4.79 Å². The van der Waals surface area contributed by atoms with Crippen LogP contribution in [0, 0.1) is 0 Å². The molecule has 0 spiro atoms. The van der Waals surface area contributed by atoms with Crippen LogP contribution in [0.15, 0.2) is 24.3 Å². The van der Waals surface area contributed by atoms with Gasteiger partial charge in [-0.05, 0) is 49.1 Å². The summed E-state index contributed by atoms with van der Waals surface area (Å²) in [5, 5.41) is 5.99. The van der Waals surface area contributed by atoms with Crippen molar-refractivity contribution in [3.63, 3.8) is 0 Å². The van der Waals surface area contributed by atoms with Gasteiger partial charge in [-0.3, -0.25) is 0 Å². The molecule has 1 aliphatic carbocycles. The molecule has 132 valence electrons. The highest BCUT2D eigenvalue weighted by Crippen LogP contribution is 2.32. The Labute approximate surface area is 145 Å². The monoisotopic (exact) mass is 330 g/mol. The van der Waals surface area contributed by atoms with Crippen molar-refractivity contribution in [2.24, 2.45) is 0 Å². The van der Waals surface area contributed by atoms with Crippen molar-refractivity contribution < 1.29 is 9.53 Å². The Balaban J connectivity index is 1.37. The quantitative estimate of drug-likeness (QED) is 0.864. The molecule has 4 heteroatoms. The van der Waals surface area contributed by atoms with Gasteiger partial charge >= 0.3 is 6.03 Å². The second-order valence-corrected chi connectivity index (χ2v) is 7.11. The normalized spacial score (nSPS) is 19.8. The minimum atomic E-state index is -0.0549. The zero-order chi connectivity index (χ0) is 16.6. The summed E-state index contributed by atoms with van der Waals surface area (Å²) in [7, 11) is 0. The third-order valence-electron chi connectivity index (χ3n) is 5.31. The molecule has 1 saturated carbocycles. The van der Waals surface area contributed by atoms with Crippen LogP contribution < -0.4 is 10.6 Å². The van der Waals surface area contributed by atoms with Gasteiger partial charge in [0.15, 0.2) is 0 Å². The molecule has 2 fully saturated rings. The van der Waals surface area contributed by atoms with E-state index in [1.165, 1.54) is 43.2 Å². The van der Waals surface area contributed by atoms with Crippen molar-refractivity contribution in [1.29, 1.82) is 0 Å². The van der Waals surface area contributed by atoms with Crippen molar-refractivity contribution >= 4 is 6.03 Å². The van der Waals surface area contributed by atoms with Crippen molar-refractivity contribution in [1.82, 2.24) is 10.6 Å². The smallest absolute Gasteiger partial charge is 0.315 e. The van der Waals surface area contributed by atoms with Gasteiger partial charge in [0.25, 0.3) is 0 Å². The van der Waals surface area contributed by atoms with E-state index in [9.17, 15) is 4.79 Å². The minimum Gasteiger partial charge on any atom is -0.381 e. The average molecular weight is 330 g/mol. The molecule has 1 saturated heterocycles. The van der Waals surface area contributed by atoms with Crippen molar-refractivity contribution in [3.05, 3.63) is 35.4 Å². The van der Waals surface area contributed by atoms with Crippen LogP contribution in [0.25, 0.3) is 0 Å². The lowest BCUT2D eigenvalue weighted by atomic mass is 9.84. The van der Waals surface area contributed by atoms with E-state index >= 15 is 0 Å². The van der Waals surface area contributed by atoms with E-state index < -0.39 is 0 Å². The lowest BCUT2D eigenvalue weighted by Gasteiger charge is -2.23. The zero-order valence-corrected chi connectivity index (χ0v) is 14.6. The first-order valence-electron chi connectivity index (χ1n) is 9.52. The van der Waals surface area contributed by atoms with E-state index in [-0.39, 0.29) is 12.1 Å². The summed E-state index contributed by atoms with van der Waals surface area (Å²) < 4.78 is 5.30. The lowest BCUT2D eigenvalue weighted by molar-refractivity contribution is 0.0801. The van der Waals surface area contributed by atoms with Crippen LogP contribution in [0.2, 0.25) is 0 Å². The van der Waals surface area contributed by atoms with Gasteiger partial charge in [0, 0.05) is 25.8 Å². The maximum absolute atomic E-state index is 11.9. The fourth-order valence-electron chi connectivity index (χ4n) is 3.79. The Kier molecular flexibility index (Phi) is 6.53. The van der Waals surface area contributed by atoms with Gasteiger partial charge in [0.05, 0.1) is 0 Å². The number of carbonyl (C=O) groups excluding carboxylic acids is 1. The highest BCUT2D eigenvalue weighted by atomic mass is 16.5. The summed E-state index contributed by atoms with van der Waals surface area (Å²) in [6.07, 6.45) is 9.53. The number of rotatable bonds is 5. The van der Waals surface area contributed by atoms with Crippen LogP contribution in [0.5, 0.6) is 0 Å². The SMILES string of the molecule is O=C(NCCc1ccc(C2CCCCC2)cc1)NC1CCOCC1. The van der Waals surface area contributed by atoms with Crippen LogP contribution in [0.3, 0.4) is 0 Å². The Hall–Kier alpha value is -1.55. The van der Waals surface area contributed by atoms with Gasteiger partial charge in [-0.1, -0.05) is 43.5 Å². The summed E-state index contributed by atoms with van der Waals surface area (Å²) >= 11 is 0. The predicted octanol–water partition coefficient (Wildman–Crippen LogP) is 3.76. The Morgan fingerprint density at radius 3 is 2.42 bits per heavy atom. The van der Waals surface area contributed by atoms with E-state index in [1.807, 2.05) is 0 Å². The van der Waals surface area contributed by atoms with Crippen LogP contribution in [-0.4, -0.2) is 31.8 Å². The first-order valence-corrected chi connectivity index (χ1v) is 9.52. The van der Waals surface area contributed by atoms with Gasteiger partial charge in [-0.2, -0.15) is 0 Å². The van der Waals surface area contributed by atoms with Crippen LogP contribution in [0.1, 0.15) is 62.0 Å². The predicted molar refractivity (Wildman–Crippen MR) is 96.3 cm³/mol. The Bertz CT molecular complexity index is 503. The summed E-state index contributed by atoms with van der Waals surface area (Å²) in [4.78, 5) is 11.9. The first-order chi connectivity index (χ1) is 11.8. The fourth-order valence-corrected chi connectivity index (χ4v) is 3.79. The summed E-state index contributed by atoms with van der Waals surface area (Å²) in [6.45, 7) is 2.18. The lowest BCUT2D eigenvalue weighted by Crippen LogP contribution is -2.44. The highest BCUT2D eigenvalue weighted by molar-refractivity contribution is 5.74. The molecule has 4 nitrogen and oxygen atoms in total. The fraction of sp³-hybridized carbons (Fsp3) is 0.650. The van der Waals surface area contributed by atoms with E-state index in [2.05, 4.69) is 34.9 Å². The zero-order valence-electron chi connectivity index (χ0n) is 14.6. The molecule has 1 heterocycles. The first kappa shape index (κ1) is 17.3. The average Bonchev–Trinajstić information content (AvgIpc) is 2.64. The number of carbonyl (C=O) groups is 1. The molecule has 2 N–H and O–H groups in total. The number of benzene rings is 1. The molecule has 0 bridgehead atoms. The molecule has 2 aliphatic rings. The minimum absolute atomic E-state index is 0.0549. The van der Waals surface area contributed by atoms with E-state index in [0.29, 0.717) is 6.54 Å². The number of hydrogen-bond acceptors (Lipinski definition) is 2. The molecular formula is C20H30N2O2. The number of amides is 2. The van der Waals surface area contributed by atoms with Crippen molar-refractivity contribution in [2.75, 3.05) is 19.8 Å². The molecule has 3 rings (SSSR count). The van der Waals surface area contributed by atoms with Gasteiger partial charge in [0.1, 0.15) is 0 Å². The summed E-state index contributed by atoms with van der Waals surface area (Å²) in [6, 6.07) is 9.22. The summed E-state index contributed by atoms with van der Waals surface area (Å²) in [5.41, 5.74) is 2.78. The second kappa shape index (κ2) is 9.07. The van der Waals surface area contributed by atoms with E-state index in [4.69, 9.17) is 4.74 Å². The van der Waals surface area contributed by atoms with Gasteiger partial charge in [0.2, 0.25) is 0 Å². The number of ether oxygens (including phenoxy) is 1. The molecule has 24 heavy (non-hydrogen) atoms. The number of hydrogen-bond donors (Lipinski definition) is 2. The maximum Gasteiger partial charge on any atom is 0.315 e. The largest absolute Gasteiger partial charge is 0.381 e. The highest BCUT2D eigenvalue weighted by Gasteiger charge is 2.16. The van der Waals surface area contributed by atoms with E-state index in [1.54, 1.807) is 0 Å². The summed E-state index contributed by atoms with van der Waals surface area (Å²) in [5.74, 6) is 0.760. The van der Waals surface area contributed by atoms with Gasteiger partial charge < -0.3 is 15.4 Å². The van der Waals surface area contributed by atoms with Gasteiger partial charge in [-0.15, -0.1) is 0 Å². The molecule has 1 aromatic rings. The van der Waals surface area contributed by atoms with Crippen molar-refractivity contribution in [2.45, 2.75) is 63.3 Å². The Morgan fingerprint density at radius 1 is 1.00 bits per heavy atom.